The van der Waals surface area contributed by atoms with Crippen LogP contribution >= 0.6 is 16.1 Å². The molecule has 0 saturated heterocycles. The van der Waals surface area contributed by atoms with Gasteiger partial charge >= 0.3 is 5.69 Å². The van der Waals surface area contributed by atoms with E-state index in [1.807, 2.05) is 0 Å². The molecule has 0 atom stereocenters. The highest BCUT2D eigenvalue weighted by Gasteiger charge is 2.12. The highest BCUT2D eigenvalue weighted by Crippen LogP contribution is 2.03. The Morgan fingerprint density at radius 3 is 2.64 bits per heavy atom. The Balaban J connectivity index is 3.22. The molecule has 7 heteroatoms. The van der Waals surface area contributed by atoms with Gasteiger partial charge in [0.05, 0.1) is 22.5 Å². The average Bonchev–Trinajstić information content (AvgIpc) is 2.54. The van der Waals surface area contributed by atoms with E-state index in [9.17, 15) is 9.59 Å². The zero-order valence-electron chi connectivity index (χ0n) is 7.56. The van der Waals surface area contributed by atoms with Gasteiger partial charge in [0.2, 0.25) is 0 Å². The van der Waals surface area contributed by atoms with Crippen molar-refractivity contribution in [3.8, 4) is 0 Å². The van der Waals surface area contributed by atoms with E-state index in [2.05, 4.69) is 21.1 Å². The molecule has 2 aromatic rings. The summed E-state index contributed by atoms with van der Waals surface area (Å²) in [5.41, 5.74) is -0.0634. The van der Waals surface area contributed by atoms with Crippen LogP contribution in [0.3, 0.4) is 0 Å². The average molecular weight is 259 g/mol. The van der Waals surface area contributed by atoms with Crippen molar-refractivity contribution in [3.05, 3.63) is 27.2 Å². The molecule has 0 saturated carbocycles. The minimum Gasteiger partial charge on any atom is -0.328 e. The van der Waals surface area contributed by atoms with Crippen molar-refractivity contribution < 1.29 is 0 Å². The third kappa shape index (κ3) is 0.985. The zero-order valence-corrected chi connectivity index (χ0v) is 9.15. The molecule has 74 valence electrons. The lowest BCUT2D eigenvalue weighted by Crippen LogP contribution is -2.34. The van der Waals surface area contributed by atoms with Crippen molar-refractivity contribution in [2.45, 2.75) is 0 Å². The Bertz CT molecular complexity index is 621. The van der Waals surface area contributed by atoms with E-state index in [1.165, 1.54) is 10.9 Å². The van der Waals surface area contributed by atoms with Gasteiger partial charge in [0.1, 0.15) is 0 Å². The highest BCUT2D eigenvalue weighted by molar-refractivity contribution is 9.08. The van der Waals surface area contributed by atoms with Crippen LogP contribution in [0.4, 0.5) is 0 Å². The van der Waals surface area contributed by atoms with Crippen molar-refractivity contribution >= 4 is 27.3 Å². The molecule has 0 N–H and O–H groups in total. The largest absolute Gasteiger partial charge is 0.342 e. The van der Waals surface area contributed by atoms with Crippen molar-refractivity contribution in [2.24, 2.45) is 14.1 Å². The molecular formula is C7H7BrN4O2. The highest BCUT2D eigenvalue weighted by atomic mass is 79.9. The third-order valence-electron chi connectivity index (χ3n) is 2.07. The van der Waals surface area contributed by atoms with Gasteiger partial charge in [-0.25, -0.2) is 9.78 Å². The first-order valence-corrected chi connectivity index (χ1v) is 4.54. The Labute approximate surface area is 86.7 Å². The van der Waals surface area contributed by atoms with Gasteiger partial charge in [-0.2, -0.15) is 3.59 Å². The summed E-state index contributed by atoms with van der Waals surface area (Å²) in [6.07, 6.45) is 1.50. The van der Waals surface area contributed by atoms with Crippen molar-refractivity contribution in [3.63, 3.8) is 0 Å². The molecule has 0 aliphatic carbocycles. The number of halogens is 1. The minimum atomic E-state index is -0.443. The molecule has 0 spiro atoms. The summed E-state index contributed by atoms with van der Waals surface area (Å²) in [7, 11) is 3.27. The third-order valence-corrected chi connectivity index (χ3v) is 2.70. The van der Waals surface area contributed by atoms with E-state index < -0.39 is 11.2 Å². The topological polar surface area (TPSA) is 61.8 Å². The number of imidazole rings is 1. The number of hydrogen-bond acceptors (Lipinski definition) is 3. The summed E-state index contributed by atoms with van der Waals surface area (Å²) >= 11 is 2.90. The van der Waals surface area contributed by atoms with Crippen LogP contribution in [0.15, 0.2) is 15.9 Å². The first kappa shape index (κ1) is 9.20. The number of aromatic nitrogens is 4. The maximum Gasteiger partial charge on any atom is 0.342 e. The van der Waals surface area contributed by atoms with Crippen LogP contribution in [0.25, 0.3) is 11.2 Å². The Hall–Kier alpha value is -1.37. The van der Waals surface area contributed by atoms with E-state index >= 15 is 0 Å². The lowest BCUT2D eigenvalue weighted by Gasteiger charge is -2.01. The van der Waals surface area contributed by atoms with Crippen LogP contribution in [-0.4, -0.2) is 17.7 Å². The Morgan fingerprint density at radius 2 is 2.00 bits per heavy atom. The molecule has 0 unspecified atom stereocenters. The molecule has 0 aliphatic rings. The number of hydrogen-bond donors (Lipinski definition) is 0. The second-order valence-corrected chi connectivity index (χ2v) is 3.66. The van der Waals surface area contributed by atoms with Crippen molar-refractivity contribution in [1.29, 1.82) is 0 Å². The molecule has 0 fully saturated rings. The van der Waals surface area contributed by atoms with Crippen LogP contribution < -0.4 is 11.2 Å². The summed E-state index contributed by atoms with van der Waals surface area (Å²) in [6, 6.07) is 0. The summed E-state index contributed by atoms with van der Waals surface area (Å²) in [5.74, 6) is 0. The van der Waals surface area contributed by atoms with E-state index in [0.29, 0.717) is 11.2 Å². The lowest BCUT2D eigenvalue weighted by molar-refractivity contribution is 0.813. The fourth-order valence-electron chi connectivity index (χ4n) is 1.31. The Morgan fingerprint density at radius 1 is 1.36 bits per heavy atom. The smallest absolute Gasteiger partial charge is 0.328 e. The molecular weight excluding hydrogens is 252 g/mol. The second-order valence-electron chi connectivity index (χ2n) is 2.96. The maximum absolute atomic E-state index is 11.6. The first-order chi connectivity index (χ1) is 6.54. The van der Waals surface area contributed by atoms with Gasteiger partial charge in [-0.05, 0) is 0 Å². The fraction of sp³-hybridized carbons (Fsp3) is 0.286. The van der Waals surface area contributed by atoms with Gasteiger partial charge < -0.3 is 4.57 Å². The molecule has 0 aliphatic heterocycles. The van der Waals surface area contributed by atoms with Crippen LogP contribution in [0, 0.1) is 0 Å². The summed E-state index contributed by atoms with van der Waals surface area (Å²) < 4.78 is 3.78. The van der Waals surface area contributed by atoms with Crippen molar-refractivity contribution in [1.82, 2.24) is 17.7 Å². The van der Waals surface area contributed by atoms with E-state index in [1.54, 1.807) is 18.7 Å². The van der Waals surface area contributed by atoms with Crippen LogP contribution in [0.1, 0.15) is 0 Å². The number of fused-ring (bicyclic) bond motifs is 1. The van der Waals surface area contributed by atoms with Gasteiger partial charge in [0.25, 0.3) is 5.56 Å². The quantitative estimate of drug-likeness (QED) is 0.646. The lowest BCUT2D eigenvalue weighted by atomic mass is 10.5. The Kier molecular flexibility index (Phi) is 1.84. The summed E-state index contributed by atoms with van der Waals surface area (Å²) in [5, 5.41) is 0. The van der Waals surface area contributed by atoms with E-state index in [0.717, 1.165) is 3.59 Å². The molecule has 0 amide bonds. The molecule has 0 aromatic carbocycles. The van der Waals surface area contributed by atoms with E-state index in [-0.39, 0.29) is 0 Å². The van der Waals surface area contributed by atoms with Crippen LogP contribution in [-0.2, 0) is 14.1 Å². The number of aryl methyl sites for hydroxylation is 2. The molecule has 14 heavy (non-hydrogen) atoms. The zero-order chi connectivity index (χ0) is 10.5. The second kappa shape index (κ2) is 2.81. The molecule has 6 nitrogen and oxygen atoms in total. The predicted octanol–water partition coefficient (Wildman–Crippen LogP) is -0.408. The maximum atomic E-state index is 11.6. The van der Waals surface area contributed by atoms with Crippen LogP contribution in [0.5, 0.6) is 0 Å². The van der Waals surface area contributed by atoms with Gasteiger partial charge in [-0.15, -0.1) is 0 Å². The summed E-state index contributed by atoms with van der Waals surface area (Å²) in [4.78, 5) is 27.0. The SMILES string of the molecule is Cn1cnc2c1c(=O)n(Br)c(=O)n2C. The number of nitrogens with zero attached hydrogens (tertiary/aromatic N) is 4. The minimum absolute atomic E-state index is 0.387. The predicted molar refractivity (Wildman–Crippen MR) is 54.5 cm³/mol. The molecule has 2 heterocycles. The monoisotopic (exact) mass is 258 g/mol. The molecule has 2 aromatic heterocycles. The van der Waals surface area contributed by atoms with Gasteiger partial charge in [-0.1, -0.05) is 0 Å². The molecule has 0 radical (unpaired) electrons. The van der Waals surface area contributed by atoms with Gasteiger partial charge in [0, 0.05) is 14.1 Å². The summed E-state index contributed by atoms with van der Waals surface area (Å²) in [6.45, 7) is 0. The fourth-order valence-corrected chi connectivity index (χ4v) is 1.72. The first-order valence-electron chi connectivity index (χ1n) is 3.83. The van der Waals surface area contributed by atoms with Gasteiger partial charge in [0.15, 0.2) is 11.2 Å². The standard InChI is InChI=1S/C7H7BrN4O2/c1-10-3-9-5-4(10)6(13)12(8)7(14)11(5)2/h3H,1-2H3. The van der Waals surface area contributed by atoms with E-state index in [4.69, 9.17) is 0 Å². The molecule has 0 bridgehead atoms. The van der Waals surface area contributed by atoms with Crippen LogP contribution in [0.2, 0.25) is 0 Å². The normalized spacial score (nSPS) is 11.1. The van der Waals surface area contributed by atoms with Gasteiger partial charge in [-0.3, -0.25) is 9.36 Å². The van der Waals surface area contributed by atoms with Crippen molar-refractivity contribution in [2.75, 3.05) is 0 Å². The number of rotatable bonds is 0. The molecule has 2 rings (SSSR count).